The van der Waals surface area contributed by atoms with Crippen LogP contribution in [0.15, 0.2) is 12.1 Å². The first kappa shape index (κ1) is 11.4. The van der Waals surface area contributed by atoms with Crippen LogP contribution < -0.4 is 9.47 Å². The monoisotopic (exact) mass is 246 g/mol. The van der Waals surface area contributed by atoms with Crippen molar-refractivity contribution in [3.8, 4) is 11.5 Å². The van der Waals surface area contributed by atoms with E-state index in [9.17, 15) is 0 Å². The van der Waals surface area contributed by atoms with Gasteiger partial charge in [0.25, 0.3) is 0 Å². The summed E-state index contributed by atoms with van der Waals surface area (Å²) in [6, 6.07) is 4.04. The van der Waals surface area contributed by atoms with E-state index in [2.05, 4.69) is 29.5 Å². The zero-order valence-corrected chi connectivity index (χ0v) is 10.9. The Balaban J connectivity index is 2.10. The molecule has 0 saturated carbocycles. The molecule has 18 heavy (non-hydrogen) atoms. The number of rotatable bonds is 3. The van der Waals surface area contributed by atoms with Crippen LogP contribution in [0.25, 0.3) is 11.0 Å². The number of benzene rings is 1. The normalized spacial score (nSPS) is 14.1. The minimum absolute atomic E-state index is 0.619. The van der Waals surface area contributed by atoms with Crippen LogP contribution in [0, 0.1) is 6.92 Å². The van der Waals surface area contributed by atoms with Crippen molar-refractivity contribution >= 4 is 11.0 Å². The third kappa shape index (κ3) is 1.82. The van der Waals surface area contributed by atoms with Crippen LogP contribution in [0.5, 0.6) is 11.5 Å². The molecular formula is C14H18N2O2. The first-order valence-electron chi connectivity index (χ1n) is 6.56. The van der Waals surface area contributed by atoms with Gasteiger partial charge in [0.05, 0.1) is 11.0 Å². The van der Waals surface area contributed by atoms with Gasteiger partial charge in [0.1, 0.15) is 19.0 Å². The van der Waals surface area contributed by atoms with Gasteiger partial charge < -0.3 is 14.0 Å². The number of aromatic nitrogens is 2. The lowest BCUT2D eigenvalue weighted by Gasteiger charge is -2.18. The highest BCUT2D eigenvalue weighted by Crippen LogP contribution is 2.34. The number of ether oxygens (including phenoxy) is 2. The molecule has 0 spiro atoms. The Hall–Kier alpha value is -1.71. The SMILES string of the molecule is CCCCn1c(C)nc2cc3c(cc21)OCCO3. The zero-order chi connectivity index (χ0) is 12.5. The van der Waals surface area contributed by atoms with Crippen molar-refractivity contribution in [1.82, 2.24) is 9.55 Å². The van der Waals surface area contributed by atoms with E-state index in [1.54, 1.807) is 0 Å². The Morgan fingerprint density at radius 2 is 1.94 bits per heavy atom. The van der Waals surface area contributed by atoms with Gasteiger partial charge in [-0.2, -0.15) is 0 Å². The molecule has 0 saturated heterocycles. The molecule has 0 atom stereocenters. The Morgan fingerprint density at radius 3 is 2.67 bits per heavy atom. The topological polar surface area (TPSA) is 36.3 Å². The van der Waals surface area contributed by atoms with Gasteiger partial charge in [0.15, 0.2) is 11.5 Å². The quantitative estimate of drug-likeness (QED) is 0.835. The van der Waals surface area contributed by atoms with Crippen molar-refractivity contribution in [2.24, 2.45) is 0 Å². The first-order valence-corrected chi connectivity index (χ1v) is 6.56. The maximum atomic E-state index is 5.63. The molecule has 2 heterocycles. The largest absolute Gasteiger partial charge is 0.486 e. The van der Waals surface area contributed by atoms with Crippen molar-refractivity contribution < 1.29 is 9.47 Å². The predicted octanol–water partition coefficient (Wildman–Crippen LogP) is 2.92. The molecule has 1 aliphatic heterocycles. The van der Waals surface area contributed by atoms with Gasteiger partial charge >= 0.3 is 0 Å². The second-order valence-electron chi connectivity index (χ2n) is 4.65. The Morgan fingerprint density at radius 1 is 1.22 bits per heavy atom. The lowest BCUT2D eigenvalue weighted by atomic mass is 10.2. The van der Waals surface area contributed by atoms with Gasteiger partial charge in [-0.15, -0.1) is 0 Å². The third-order valence-corrected chi connectivity index (χ3v) is 3.34. The summed E-state index contributed by atoms with van der Waals surface area (Å²) < 4.78 is 13.5. The summed E-state index contributed by atoms with van der Waals surface area (Å²) in [6.07, 6.45) is 2.35. The van der Waals surface area contributed by atoms with Gasteiger partial charge in [-0.3, -0.25) is 0 Å². The standard InChI is InChI=1S/C14H18N2O2/c1-3-4-5-16-10(2)15-11-8-13-14(9-12(11)16)18-7-6-17-13/h8-9H,3-7H2,1-2H3. The zero-order valence-electron chi connectivity index (χ0n) is 10.9. The highest BCUT2D eigenvalue weighted by atomic mass is 16.6. The molecule has 1 aromatic carbocycles. The average molecular weight is 246 g/mol. The van der Waals surface area contributed by atoms with Crippen LogP contribution in [-0.2, 0) is 6.54 Å². The van der Waals surface area contributed by atoms with Crippen LogP contribution in [0.3, 0.4) is 0 Å². The van der Waals surface area contributed by atoms with Crippen LogP contribution in [0.1, 0.15) is 25.6 Å². The van der Waals surface area contributed by atoms with E-state index >= 15 is 0 Å². The van der Waals surface area contributed by atoms with Crippen LogP contribution in [0.2, 0.25) is 0 Å². The molecule has 4 heteroatoms. The van der Waals surface area contributed by atoms with E-state index in [4.69, 9.17) is 9.47 Å². The molecular weight excluding hydrogens is 228 g/mol. The molecule has 96 valence electrons. The fourth-order valence-corrected chi connectivity index (χ4v) is 2.38. The van der Waals surface area contributed by atoms with Crippen molar-refractivity contribution in [3.05, 3.63) is 18.0 Å². The third-order valence-electron chi connectivity index (χ3n) is 3.34. The van der Waals surface area contributed by atoms with E-state index < -0.39 is 0 Å². The van der Waals surface area contributed by atoms with Crippen molar-refractivity contribution in [2.75, 3.05) is 13.2 Å². The molecule has 0 unspecified atom stereocenters. The maximum absolute atomic E-state index is 5.63. The number of hydrogen-bond acceptors (Lipinski definition) is 3. The van der Waals surface area contributed by atoms with Crippen molar-refractivity contribution in [3.63, 3.8) is 0 Å². The highest BCUT2D eigenvalue weighted by molar-refractivity contribution is 5.80. The summed E-state index contributed by atoms with van der Waals surface area (Å²) in [4.78, 5) is 4.60. The van der Waals surface area contributed by atoms with Crippen molar-refractivity contribution in [1.29, 1.82) is 0 Å². The Bertz CT molecular complexity index is 575. The average Bonchev–Trinajstić information content (AvgIpc) is 2.68. The van der Waals surface area contributed by atoms with Crippen LogP contribution in [-0.4, -0.2) is 22.8 Å². The number of nitrogens with zero attached hydrogens (tertiary/aromatic N) is 2. The number of aryl methyl sites for hydroxylation is 2. The van der Waals surface area contributed by atoms with E-state index in [1.807, 2.05) is 6.07 Å². The van der Waals surface area contributed by atoms with Gasteiger partial charge in [0.2, 0.25) is 0 Å². The van der Waals surface area contributed by atoms with Gasteiger partial charge in [-0.25, -0.2) is 4.98 Å². The fraction of sp³-hybridized carbons (Fsp3) is 0.500. The van der Waals surface area contributed by atoms with E-state index in [0.717, 1.165) is 34.9 Å². The summed E-state index contributed by atoms with van der Waals surface area (Å²) in [5, 5.41) is 0. The molecule has 3 rings (SSSR count). The summed E-state index contributed by atoms with van der Waals surface area (Å²) in [6.45, 7) is 6.51. The second kappa shape index (κ2) is 4.52. The number of hydrogen-bond donors (Lipinski definition) is 0. The molecule has 0 aliphatic carbocycles. The smallest absolute Gasteiger partial charge is 0.163 e. The number of unbranched alkanes of at least 4 members (excludes halogenated alkanes) is 1. The van der Waals surface area contributed by atoms with Crippen LogP contribution in [0.4, 0.5) is 0 Å². The summed E-state index contributed by atoms with van der Waals surface area (Å²) in [5.41, 5.74) is 2.14. The minimum Gasteiger partial charge on any atom is -0.486 e. The fourth-order valence-electron chi connectivity index (χ4n) is 2.38. The molecule has 4 nitrogen and oxygen atoms in total. The molecule has 0 radical (unpaired) electrons. The molecule has 0 fully saturated rings. The lowest BCUT2D eigenvalue weighted by molar-refractivity contribution is 0.172. The summed E-state index contributed by atoms with van der Waals surface area (Å²) >= 11 is 0. The van der Waals surface area contributed by atoms with E-state index in [1.165, 1.54) is 12.8 Å². The molecule has 0 N–H and O–H groups in total. The number of imidazole rings is 1. The highest BCUT2D eigenvalue weighted by Gasteiger charge is 2.16. The Kier molecular flexibility index (Phi) is 2.86. The maximum Gasteiger partial charge on any atom is 0.163 e. The molecule has 1 aromatic heterocycles. The second-order valence-corrected chi connectivity index (χ2v) is 4.65. The van der Waals surface area contributed by atoms with E-state index in [-0.39, 0.29) is 0 Å². The predicted molar refractivity (Wildman–Crippen MR) is 70.4 cm³/mol. The molecule has 1 aliphatic rings. The number of fused-ring (bicyclic) bond motifs is 2. The summed E-state index contributed by atoms with van der Waals surface area (Å²) in [7, 11) is 0. The van der Waals surface area contributed by atoms with Gasteiger partial charge in [0, 0.05) is 18.7 Å². The lowest BCUT2D eigenvalue weighted by Crippen LogP contribution is -2.15. The molecule has 0 bridgehead atoms. The van der Waals surface area contributed by atoms with Crippen LogP contribution >= 0.6 is 0 Å². The Labute approximate surface area is 107 Å². The first-order chi connectivity index (χ1) is 8.79. The molecule has 0 amide bonds. The summed E-state index contributed by atoms with van der Waals surface area (Å²) in [5.74, 6) is 2.71. The van der Waals surface area contributed by atoms with Crippen molar-refractivity contribution in [2.45, 2.75) is 33.2 Å². The van der Waals surface area contributed by atoms with Gasteiger partial charge in [-0.1, -0.05) is 13.3 Å². The minimum atomic E-state index is 0.619. The molecule has 2 aromatic rings. The van der Waals surface area contributed by atoms with Gasteiger partial charge in [-0.05, 0) is 13.3 Å². The van der Waals surface area contributed by atoms with E-state index in [0.29, 0.717) is 13.2 Å².